The largest absolute Gasteiger partial charge is 0.466 e. The Kier molecular flexibility index (Phi) is 6.10. The number of carbonyl (C=O) groups excluding carboxylic acids is 1. The molecule has 2 aromatic carbocycles. The van der Waals surface area contributed by atoms with E-state index < -0.39 is 29.3 Å². The zero-order valence-corrected chi connectivity index (χ0v) is 19.1. The van der Waals surface area contributed by atoms with Crippen LogP contribution in [0.4, 0.5) is 13.2 Å². The van der Waals surface area contributed by atoms with Gasteiger partial charge in [-0.1, -0.05) is 18.2 Å². The number of hydrogen-bond donors (Lipinski definition) is 1. The third kappa shape index (κ3) is 4.55. The maximum atomic E-state index is 15.5. The molecule has 1 aliphatic rings. The average Bonchev–Trinajstić information content (AvgIpc) is 3.10. The molecule has 1 N–H and O–H groups in total. The number of aromatic amines is 1. The lowest BCUT2D eigenvalue weighted by Crippen LogP contribution is -2.48. The predicted octanol–water partition coefficient (Wildman–Crippen LogP) is 5.72. The number of rotatable bonds is 5. The first kappa shape index (κ1) is 23.1. The monoisotopic (exact) mass is 456 g/mol. The molecule has 3 aromatic rings. The van der Waals surface area contributed by atoms with Crippen LogP contribution in [0.3, 0.4) is 0 Å². The van der Waals surface area contributed by atoms with Gasteiger partial charge in [-0.05, 0) is 62.6 Å². The zero-order valence-electron chi connectivity index (χ0n) is 19.1. The van der Waals surface area contributed by atoms with Crippen LogP contribution in [0, 0.1) is 11.6 Å². The Hall–Kier alpha value is -3.06. The molecule has 2 unspecified atom stereocenters. The summed E-state index contributed by atoms with van der Waals surface area (Å²) < 4.78 is 50.3. The topological polar surface area (TPSA) is 45.3 Å². The number of carbonyl (C=O) groups is 1. The first-order chi connectivity index (χ1) is 15.6. The average molecular weight is 457 g/mol. The van der Waals surface area contributed by atoms with E-state index in [1.54, 1.807) is 0 Å². The highest BCUT2D eigenvalue weighted by Gasteiger charge is 2.40. The molecular formula is C26H27F3N2O2. The molecule has 0 fully saturated rings. The minimum absolute atomic E-state index is 0.0104. The summed E-state index contributed by atoms with van der Waals surface area (Å²) in [5, 5.41) is 1.00. The molecule has 2 atom stereocenters. The lowest BCUT2D eigenvalue weighted by Gasteiger charge is -2.43. The number of alkyl halides is 1. The van der Waals surface area contributed by atoms with Crippen LogP contribution in [0.15, 0.2) is 42.5 Å². The number of nitrogens with one attached hydrogen (secondary N) is 1. The number of halogens is 3. The Morgan fingerprint density at radius 2 is 1.91 bits per heavy atom. The van der Waals surface area contributed by atoms with Crippen LogP contribution in [0.5, 0.6) is 0 Å². The molecule has 0 spiro atoms. The molecule has 0 aliphatic carbocycles. The number of nitrogens with zero attached hydrogens (tertiary/aromatic N) is 1. The summed E-state index contributed by atoms with van der Waals surface area (Å²) in [5.74, 6) is -2.14. The number of H-pyrrole nitrogens is 1. The molecule has 33 heavy (non-hydrogen) atoms. The minimum atomic E-state index is -1.56. The van der Waals surface area contributed by atoms with Crippen molar-refractivity contribution in [1.82, 2.24) is 9.88 Å². The van der Waals surface area contributed by atoms with E-state index in [0.29, 0.717) is 12.1 Å². The van der Waals surface area contributed by atoms with Gasteiger partial charge in [-0.15, -0.1) is 0 Å². The molecule has 0 amide bonds. The number of esters is 1. The fraction of sp³-hybridized carbons (Fsp3) is 0.346. The van der Waals surface area contributed by atoms with Crippen LogP contribution < -0.4 is 0 Å². The molecule has 4 rings (SSSR count). The van der Waals surface area contributed by atoms with Crippen LogP contribution in [0.25, 0.3) is 17.0 Å². The molecule has 7 heteroatoms. The molecule has 174 valence electrons. The maximum Gasteiger partial charge on any atom is 0.330 e. The van der Waals surface area contributed by atoms with Crippen molar-refractivity contribution < 1.29 is 22.7 Å². The molecule has 0 radical (unpaired) electrons. The summed E-state index contributed by atoms with van der Waals surface area (Å²) >= 11 is 0. The lowest BCUT2D eigenvalue weighted by atomic mass is 9.87. The van der Waals surface area contributed by atoms with Gasteiger partial charge in [-0.25, -0.2) is 18.0 Å². The van der Waals surface area contributed by atoms with Gasteiger partial charge in [-0.3, -0.25) is 4.90 Å². The fourth-order valence-electron chi connectivity index (χ4n) is 4.69. The van der Waals surface area contributed by atoms with E-state index in [1.807, 2.05) is 36.1 Å². The number of benzene rings is 2. The van der Waals surface area contributed by atoms with E-state index in [2.05, 4.69) is 9.72 Å². The Labute approximate surface area is 191 Å². The molecule has 0 bridgehead atoms. The predicted molar refractivity (Wildman–Crippen MR) is 123 cm³/mol. The van der Waals surface area contributed by atoms with Crippen molar-refractivity contribution in [1.29, 1.82) is 0 Å². The van der Waals surface area contributed by atoms with Crippen molar-refractivity contribution in [3.8, 4) is 0 Å². The van der Waals surface area contributed by atoms with E-state index in [-0.39, 0.29) is 23.7 Å². The zero-order chi connectivity index (χ0) is 23.9. The summed E-state index contributed by atoms with van der Waals surface area (Å²) in [4.78, 5) is 16.5. The Morgan fingerprint density at radius 1 is 1.24 bits per heavy atom. The Bertz CT molecular complexity index is 1200. The van der Waals surface area contributed by atoms with Gasteiger partial charge in [0.2, 0.25) is 0 Å². The molecule has 0 saturated carbocycles. The van der Waals surface area contributed by atoms with Gasteiger partial charge < -0.3 is 9.72 Å². The lowest BCUT2D eigenvalue weighted by molar-refractivity contribution is -0.134. The van der Waals surface area contributed by atoms with Gasteiger partial charge in [0.25, 0.3) is 0 Å². The van der Waals surface area contributed by atoms with Crippen molar-refractivity contribution in [3.05, 3.63) is 76.5 Å². The molecule has 0 saturated heterocycles. The summed E-state index contributed by atoms with van der Waals surface area (Å²) in [6.45, 7) is 4.89. The van der Waals surface area contributed by atoms with E-state index in [0.717, 1.165) is 22.5 Å². The highest BCUT2D eigenvalue weighted by Crippen LogP contribution is 2.43. The van der Waals surface area contributed by atoms with Crippen LogP contribution in [-0.4, -0.2) is 41.2 Å². The van der Waals surface area contributed by atoms with E-state index in [1.165, 1.54) is 39.2 Å². The number of fused-ring (bicyclic) bond motifs is 3. The second-order valence-corrected chi connectivity index (χ2v) is 9.16. The van der Waals surface area contributed by atoms with Crippen LogP contribution in [0.2, 0.25) is 0 Å². The van der Waals surface area contributed by atoms with E-state index >= 15 is 8.78 Å². The smallest absolute Gasteiger partial charge is 0.330 e. The van der Waals surface area contributed by atoms with Gasteiger partial charge in [0.05, 0.1) is 13.2 Å². The summed E-state index contributed by atoms with van der Waals surface area (Å²) in [6, 6.07) is 9.12. The maximum absolute atomic E-state index is 15.5. The molecule has 1 aliphatic heterocycles. The van der Waals surface area contributed by atoms with Crippen LogP contribution >= 0.6 is 0 Å². The van der Waals surface area contributed by atoms with Gasteiger partial charge in [0.1, 0.15) is 17.3 Å². The fourth-order valence-corrected chi connectivity index (χ4v) is 4.69. The second-order valence-electron chi connectivity index (χ2n) is 9.16. The van der Waals surface area contributed by atoms with Gasteiger partial charge in [-0.2, -0.15) is 0 Å². The number of aromatic nitrogens is 1. The van der Waals surface area contributed by atoms with E-state index in [4.69, 9.17) is 0 Å². The van der Waals surface area contributed by atoms with Gasteiger partial charge in [0.15, 0.2) is 0 Å². The molecule has 2 heterocycles. The highest BCUT2D eigenvalue weighted by atomic mass is 19.1. The number of methoxy groups -OCH3 is 1. The molecule has 1 aromatic heterocycles. The third-order valence-electron chi connectivity index (χ3n) is 6.06. The van der Waals surface area contributed by atoms with Crippen LogP contribution in [-0.2, 0) is 16.0 Å². The first-order valence-corrected chi connectivity index (χ1v) is 10.9. The van der Waals surface area contributed by atoms with Crippen molar-refractivity contribution in [2.75, 3.05) is 13.7 Å². The third-order valence-corrected chi connectivity index (χ3v) is 6.06. The minimum Gasteiger partial charge on any atom is -0.466 e. The van der Waals surface area contributed by atoms with Gasteiger partial charge >= 0.3 is 5.97 Å². The van der Waals surface area contributed by atoms with Crippen molar-refractivity contribution in [2.24, 2.45) is 0 Å². The highest BCUT2D eigenvalue weighted by molar-refractivity contribution is 5.87. The number of hydrogen-bond acceptors (Lipinski definition) is 3. The quantitative estimate of drug-likeness (QED) is 0.395. The van der Waals surface area contributed by atoms with Crippen molar-refractivity contribution in [3.63, 3.8) is 0 Å². The van der Waals surface area contributed by atoms with Crippen molar-refractivity contribution >= 4 is 22.9 Å². The Balaban J connectivity index is 1.89. The summed E-state index contributed by atoms with van der Waals surface area (Å²) in [6.07, 6.45) is 3.03. The number of ether oxygens (including phenoxy) is 1. The Morgan fingerprint density at radius 3 is 2.55 bits per heavy atom. The normalized spacial score (nSPS) is 19.2. The van der Waals surface area contributed by atoms with Crippen molar-refractivity contribution in [2.45, 2.75) is 44.9 Å². The van der Waals surface area contributed by atoms with E-state index in [9.17, 15) is 9.18 Å². The van der Waals surface area contributed by atoms with Gasteiger partial charge in [0, 0.05) is 40.8 Å². The molecular weight excluding hydrogens is 429 g/mol. The second kappa shape index (κ2) is 8.71. The summed E-state index contributed by atoms with van der Waals surface area (Å²) in [5.41, 5.74) is 1.02. The SMILES string of the molecule is COC(=O)C=Cc1cc(F)c(C2c3[nH]c4ccccc4c3CC(C)N2CC(C)(C)F)c(F)c1. The summed E-state index contributed by atoms with van der Waals surface area (Å²) in [7, 11) is 1.22. The first-order valence-electron chi connectivity index (χ1n) is 10.9. The number of para-hydroxylation sites is 1. The standard InChI is InChI=1S/C26H27F3N2O2/c1-15-11-18-17-7-5-6-8-21(17)30-24(18)25(31(15)14-26(2,3)29)23-19(27)12-16(13-20(23)28)9-10-22(32)33-4/h5-10,12-13,15,25,30H,11,14H2,1-4H3. The van der Waals surface area contributed by atoms with Crippen LogP contribution in [0.1, 0.15) is 49.2 Å². The molecule has 4 nitrogen and oxygen atoms in total.